The van der Waals surface area contributed by atoms with E-state index in [9.17, 15) is 9.50 Å². The molecule has 1 aromatic heterocycles. The van der Waals surface area contributed by atoms with Crippen molar-refractivity contribution in [1.82, 2.24) is 4.98 Å². The molecule has 1 aromatic carbocycles. The molecule has 20 heavy (non-hydrogen) atoms. The highest BCUT2D eigenvalue weighted by atomic mass is 19.1. The van der Waals surface area contributed by atoms with Gasteiger partial charge in [0.25, 0.3) is 0 Å². The lowest BCUT2D eigenvalue weighted by atomic mass is 10.0. The van der Waals surface area contributed by atoms with E-state index in [1.807, 2.05) is 18.2 Å². The summed E-state index contributed by atoms with van der Waals surface area (Å²) >= 11 is 0. The Morgan fingerprint density at radius 3 is 2.85 bits per heavy atom. The van der Waals surface area contributed by atoms with Gasteiger partial charge in [0.15, 0.2) is 6.29 Å². The van der Waals surface area contributed by atoms with Crippen molar-refractivity contribution < 1.29 is 14.2 Å². The van der Waals surface area contributed by atoms with Crippen LogP contribution >= 0.6 is 0 Å². The SMILES string of the molecule is COC(O)C1Cc2ccc(-c3ncccc3F)cc2C1. The number of nitrogens with zero attached hydrogens (tertiary/aromatic N) is 1. The number of rotatable bonds is 3. The predicted octanol–water partition coefficient (Wildman–Crippen LogP) is 2.57. The molecule has 1 aliphatic rings. The Bertz CT molecular complexity index is 630. The minimum absolute atomic E-state index is 0.0684. The van der Waals surface area contributed by atoms with Crippen molar-refractivity contribution in [3.8, 4) is 11.3 Å². The van der Waals surface area contributed by atoms with Gasteiger partial charge in [-0.1, -0.05) is 12.1 Å². The average molecular weight is 273 g/mol. The van der Waals surface area contributed by atoms with Gasteiger partial charge in [-0.05, 0) is 42.2 Å². The van der Waals surface area contributed by atoms with Crippen LogP contribution in [0.15, 0.2) is 36.5 Å². The van der Waals surface area contributed by atoms with Gasteiger partial charge in [-0.2, -0.15) is 0 Å². The second-order valence-electron chi connectivity index (χ2n) is 5.11. The summed E-state index contributed by atoms with van der Waals surface area (Å²) in [6.07, 6.45) is 2.36. The Labute approximate surface area is 117 Å². The van der Waals surface area contributed by atoms with Gasteiger partial charge in [0.1, 0.15) is 11.5 Å². The number of aliphatic hydroxyl groups is 1. The predicted molar refractivity (Wildman–Crippen MR) is 73.5 cm³/mol. The fourth-order valence-electron chi connectivity index (χ4n) is 2.79. The van der Waals surface area contributed by atoms with Crippen LogP contribution in [0.3, 0.4) is 0 Å². The fraction of sp³-hybridized carbons (Fsp3) is 0.312. The van der Waals surface area contributed by atoms with Gasteiger partial charge in [0.05, 0.1) is 0 Å². The third kappa shape index (κ3) is 2.32. The Morgan fingerprint density at radius 2 is 2.10 bits per heavy atom. The van der Waals surface area contributed by atoms with E-state index in [2.05, 4.69) is 4.98 Å². The quantitative estimate of drug-likeness (QED) is 0.874. The molecule has 0 amide bonds. The zero-order valence-corrected chi connectivity index (χ0v) is 11.2. The van der Waals surface area contributed by atoms with Crippen LogP contribution in [0, 0.1) is 11.7 Å². The summed E-state index contributed by atoms with van der Waals surface area (Å²) in [6.45, 7) is 0. The van der Waals surface area contributed by atoms with Gasteiger partial charge >= 0.3 is 0 Å². The van der Waals surface area contributed by atoms with Crippen LogP contribution in [0.25, 0.3) is 11.3 Å². The Balaban J connectivity index is 1.92. The molecule has 0 aliphatic heterocycles. The first kappa shape index (κ1) is 13.2. The topological polar surface area (TPSA) is 42.4 Å². The van der Waals surface area contributed by atoms with Gasteiger partial charge in [0, 0.05) is 24.8 Å². The first-order valence-corrected chi connectivity index (χ1v) is 6.62. The lowest BCUT2D eigenvalue weighted by Gasteiger charge is -2.14. The first-order chi connectivity index (χ1) is 9.69. The number of aliphatic hydroxyl groups excluding tert-OH is 1. The molecule has 0 fully saturated rings. The number of aromatic nitrogens is 1. The van der Waals surface area contributed by atoms with E-state index in [0.29, 0.717) is 5.69 Å². The van der Waals surface area contributed by atoms with Crippen molar-refractivity contribution >= 4 is 0 Å². The number of ether oxygens (including phenoxy) is 1. The number of hydrogen-bond donors (Lipinski definition) is 1. The van der Waals surface area contributed by atoms with E-state index < -0.39 is 6.29 Å². The van der Waals surface area contributed by atoms with Gasteiger partial charge < -0.3 is 9.84 Å². The van der Waals surface area contributed by atoms with Crippen LogP contribution in [0.2, 0.25) is 0 Å². The monoisotopic (exact) mass is 273 g/mol. The number of fused-ring (bicyclic) bond motifs is 1. The van der Waals surface area contributed by atoms with Crippen LogP contribution in [-0.4, -0.2) is 23.5 Å². The van der Waals surface area contributed by atoms with Crippen molar-refractivity contribution in [3.05, 3.63) is 53.5 Å². The molecular formula is C16H16FNO2. The van der Waals surface area contributed by atoms with E-state index in [4.69, 9.17) is 4.74 Å². The van der Waals surface area contributed by atoms with Crippen molar-refractivity contribution in [2.75, 3.05) is 7.11 Å². The number of halogens is 1. The van der Waals surface area contributed by atoms with Crippen LogP contribution in [0.4, 0.5) is 4.39 Å². The van der Waals surface area contributed by atoms with E-state index >= 15 is 0 Å². The zero-order valence-electron chi connectivity index (χ0n) is 11.2. The molecule has 1 N–H and O–H groups in total. The summed E-state index contributed by atoms with van der Waals surface area (Å²) in [5.74, 6) is -0.252. The molecular weight excluding hydrogens is 257 g/mol. The molecule has 3 rings (SSSR count). The highest BCUT2D eigenvalue weighted by molar-refractivity contribution is 5.62. The molecule has 2 aromatic rings. The average Bonchev–Trinajstić information content (AvgIpc) is 2.90. The van der Waals surface area contributed by atoms with Gasteiger partial charge in [-0.25, -0.2) is 4.39 Å². The summed E-state index contributed by atoms with van der Waals surface area (Å²) in [7, 11) is 1.50. The number of pyridine rings is 1. The Morgan fingerprint density at radius 1 is 1.30 bits per heavy atom. The molecule has 0 spiro atoms. The van der Waals surface area contributed by atoms with Crippen LogP contribution < -0.4 is 0 Å². The second-order valence-corrected chi connectivity index (χ2v) is 5.11. The standard InChI is InChI=1S/C16H16FNO2/c1-20-16(19)13-7-10-4-5-11(8-12(10)9-13)15-14(17)3-2-6-18-15/h2-6,8,13,16,19H,7,9H2,1H3. The number of methoxy groups -OCH3 is 1. The molecule has 0 radical (unpaired) electrons. The summed E-state index contributed by atoms with van der Waals surface area (Å²) < 4.78 is 18.7. The van der Waals surface area contributed by atoms with Crippen molar-refractivity contribution in [2.24, 2.45) is 5.92 Å². The maximum atomic E-state index is 13.8. The maximum Gasteiger partial charge on any atom is 0.157 e. The van der Waals surface area contributed by atoms with Crippen molar-refractivity contribution in [1.29, 1.82) is 0 Å². The Kier molecular flexibility index (Phi) is 3.51. The number of hydrogen-bond acceptors (Lipinski definition) is 3. The fourth-order valence-corrected chi connectivity index (χ4v) is 2.79. The lowest BCUT2D eigenvalue weighted by molar-refractivity contribution is -0.109. The maximum absolute atomic E-state index is 13.8. The van der Waals surface area contributed by atoms with Gasteiger partial charge in [-0.3, -0.25) is 4.98 Å². The summed E-state index contributed by atoms with van der Waals surface area (Å²) in [4.78, 5) is 4.10. The zero-order chi connectivity index (χ0) is 14.1. The van der Waals surface area contributed by atoms with E-state index in [-0.39, 0.29) is 11.7 Å². The molecule has 3 nitrogen and oxygen atoms in total. The van der Waals surface area contributed by atoms with Crippen LogP contribution in [0.5, 0.6) is 0 Å². The minimum atomic E-state index is -0.752. The first-order valence-electron chi connectivity index (χ1n) is 6.62. The van der Waals surface area contributed by atoms with Crippen LogP contribution in [-0.2, 0) is 17.6 Å². The van der Waals surface area contributed by atoms with Crippen molar-refractivity contribution in [3.63, 3.8) is 0 Å². The highest BCUT2D eigenvalue weighted by Gasteiger charge is 2.27. The molecule has 1 heterocycles. The third-order valence-electron chi connectivity index (χ3n) is 3.85. The van der Waals surface area contributed by atoms with Gasteiger partial charge in [0.2, 0.25) is 0 Å². The lowest BCUT2D eigenvalue weighted by Crippen LogP contribution is -2.22. The van der Waals surface area contributed by atoms with E-state index in [1.165, 1.54) is 18.7 Å². The molecule has 4 heteroatoms. The molecule has 0 saturated carbocycles. The molecule has 0 bridgehead atoms. The normalized spacial score (nSPS) is 18.9. The van der Waals surface area contributed by atoms with E-state index in [0.717, 1.165) is 24.0 Å². The molecule has 0 saturated heterocycles. The van der Waals surface area contributed by atoms with E-state index in [1.54, 1.807) is 12.3 Å². The largest absolute Gasteiger partial charge is 0.368 e. The van der Waals surface area contributed by atoms with Crippen LogP contribution in [0.1, 0.15) is 11.1 Å². The third-order valence-corrected chi connectivity index (χ3v) is 3.85. The molecule has 2 atom stereocenters. The Hall–Kier alpha value is -1.78. The molecule has 104 valence electrons. The summed E-state index contributed by atoms with van der Waals surface area (Å²) in [5, 5.41) is 9.77. The summed E-state index contributed by atoms with van der Waals surface area (Å²) in [5.41, 5.74) is 3.46. The van der Waals surface area contributed by atoms with Gasteiger partial charge in [-0.15, -0.1) is 0 Å². The molecule has 2 unspecified atom stereocenters. The second kappa shape index (κ2) is 5.31. The smallest absolute Gasteiger partial charge is 0.157 e. The molecule has 1 aliphatic carbocycles. The minimum Gasteiger partial charge on any atom is -0.368 e. The summed E-state index contributed by atoms with van der Waals surface area (Å²) in [6, 6.07) is 8.82. The van der Waals surface area contributed by atoms with Crippen molar-refractivity contribution in [2.45, 2.75) is 19.1 Å². The highest BCUT2D eigenvalue weighted by Crippen LogP contribution is 2.32. The number of benzene rings is 1.